The number of aliphatic hydroxyl groups is 3. The Balaban J connectivity index is 1.48. The number of ether oxygens (including phenoxy) is 7. The maximum atomic E-state index is 12.7. The number of fused-ring (bicyclic) bond motifs is 1. The summed E-state index contributed by atoms with van der Waals surface area (Å²) in [7, 11) is 2.71. The van der Waals surface area contributed by atoms with Crippen molar-refractivity contribution in [2.45, 2.75) is 43.4 Å². The molecular weight excluding hydrogens is 532 g/mol. The SMILES string of the molecule is C=CC1C(OC2OC(CO)C(O)C(OC(=O)C=Cc3cc(OC)c(O)c(OC)c3)C2O)OC=C2C(=O)OCCC21. The van der Waals surface area contributed by atoms with Crippen LogP contribution in [0.1, 0.15) is 12.0 Å². The third-order valence-electron chi connectivity index (χ3n) is 6.93. The number of phenols is 1. The van der Waals surface area contributed by atoms with Gasteiger partial charge in [-0.05, 0) is 30.2 Å². The zero-order valence-electron chi connectivity index (χ0n) is 21.9. The summed E-state index contributed by atoms with van der Waals surface area (Å²) >= 11 is 0. The van der Waals surface area contributed by atoms with Crippen LogP contribution in [0.2, 0.25) is 0 Å². The van der Waals surface area contributed by atoms with E-state index in [1.807, 2.05) is 0 Å². The van der Waals surface area contributed by atoms with Crippen molar-refractivity contribution in [1.82, 2.24) is 0 Å². The second kappa shape index (κ2) is 12.7. The average Bonchev–Trinajstić information content (AvgIpc) is 2.96. The van der Waals surface area contributed by atoms with Gasteiger partial charge < -0.3 is 53.6 Å². The molecule has 0 spiro atoms. The van der Waals surface area contributed by atoms with Crippen LogP contribution in [0.4, 0.5) is 0 Å². The highest BCUT2D eigenvalue weighted by atomic mass is 16.8. The summed E-state index contributed by atoms with van der Waals surface area (Å²) in [5.41, 5.74) is 0.766. The van der Waals surface area contributed by atoms with Crippen molar-refractivity contribution in [2.24, 2.45) is 11.8 Å². The number of esters is 2. The zero-order valence-corrected chi connectivity index (χ0v) is 21.9. The van der Waals surface area contributed by atoms with Gasteiger partial charge in [0.2, 0.25) is 12.0 Å². The van der Waals surface area contributed by atoms with Gasteiger partial charge in [0.25, 0.3) is 0 Å². The normalized spacial score (nSPS) is 31.8. The van der Waals surface area contributed by atoms with Gasteiger partial charge in [-0.3, -0.25) is 0 Å². The largest absolute Gasteiger partial charge is 0.502 e. The van der Waals surface area contributed by atoms with Gasteiger partial charge in [-0.25, -0.2) is 9.59 Å². The molecule has 3 heterocycles. The second-order valence-corrected chi connectivity index (χ2v) is 9.27. The maximum absolute atomic E-state index is 12.7. The summed E-state index contributed by atoms with van der Waals surface area (Å²) in [4.78, 5) is 24.7. The van der Waals surface area contributed by atoms with Crippen LogP contribution < -0.4 is 9.47 Å². The number of carbonyl (C=O) groups is 2. The first-order valence-corrected chi connectivity index (χ1v) is 12.5. The van der Waals surface area contributed by atoms with E-state index < -0.39 is 61.5 Å². The lowest BCUT2D eigenvalue weighted by molar-refractivity contribution is -0.340. The molecule has 0 aliphatic carbocycles. The molecular formula is C27H32O13. The highest BCUT2D eigenvalue weighted by Gasteiger charge is 2.50. The fourth-order valence-electron chi connectivity index (χ4n) is 4.81. The molecule has 8 unspecified atom stereocenters. The first kappa shape index (κ1) is 29.4. The highest BCUT2D eigenvalue weighted by molar-refractivity contribution is 5.89. The highest BCUT2D eigenvalue weighted by Crippen LogP contribution is 2.39. The molecule has 0 amide bonds. The van der Waals surface area contributed by atoms with Gasteiger partial charge in [0.05, 0.1) is 39.3 Å². The number of phenolic OH excluding ortho intramolecular Hbond substituents is 1. The number of methoxy groups -OCH3 is 2. The molecule has 13 nitrogen and oxygen atoms in total. The third kappa shape index (κ3) is 5.93. The Kier molecular flexibility index (Phi) is 9.32. The Morgan fingerprint density at radius 2 is 1.85 bits per heavy atom. The molecule has 218 valence electrons. The molecule has 3 aliphatic rings. The van der Waals surface area contributed by atoms with Crippen LogP contribution in [0, 0.1) is 11.8 Å². The number of hydrogen-bond donors (Lipinski definition) is 4. The van der Waals surface area contributed by atoms with E-state index in [4.69, 9.17) is 33.2 Å². The minimum absolute atomic E-state index is 0.114. The number of benzene rings is 1. The third-order valence-corrected chi connectivity index (χ3v) is 6.93. The summed E-state index contributed by atoms with van der Waals surface area (Å²) < 4.78 is 37.6. The summed E-state index contributed by atoms with van der Waals surface area (Å²) in [6.45, 7) is 3.35. The molecule has 2 fully saturated rings. The van der Waals surface area contributed by atoms with Crippen molar-refractivity contribution in [3.8, 4) is 17.2 Å². The number of rotatable bonds is 9. The van der Waals surface area contributed by atoms with E-state index in [-0.39, 0.29) is 29.8 Å². The lowest BCUT2D eigenvalue weighted by atomic mass is 9.81. The number of hydrogen-bond acceptors (Lipinski definition) is 13. The van der Waals surface area contributed by atoms with E-state index in [9.17, 15) is 30.0 Å². The van der Waals surface area contributed by atoms with Crippen LogP contribution in [-0.2, 0) is 33.3 Å². The standard InChI is InChI=1S/C27H32O13/c1-4-14-15-7-8-36-25(33)16(15)12-37-26(14)40-27-23(32)24(22(31)19(11-28)38-27)39-20(29)6-5-13-9-17(34-2)21(30)18(10-13)35-3/h4-6,9-10,12,14-15,19,22-24,26-28,30-32H,1,7-8,11H2,2-3H3. The molecule has 0 radical (unpaired) electrons. The molecule has 0 saturated carbocycles. The minimum Gasteiger partial charge on any atom is -0.502 e. The van der Waals surface area contributed by atoms with E-state index in [0.717, 1.165) is 6.08 Å². The number of aliphatic hydroxyl groups excluding tert-OH is 3. The quantitative estimate of drug-likeness (QED) is 0.184. The molecule has 40 heavy (non-hydrogen) atoms. The first-order chi connectivity index (χ1) is 19.2. The van der Waals surface area contributed by atoms with Crippen LogP contribution in [0.3, 0.4) is 0 Å². The smallest absolute Gasteiger partial charge is 0.337 e. The van der Waals surface area contributed by atoms with Crippen LogP contribution >= 0.6 is 0 Å². The van der Waals surface area contributed by atoms with E-state index in [1.165, 1.54) is 38.7 Å². The van der Waals surface area contributed by atoms with Gasteiger partial charge in [0, 0.05) is 17.9 Å². The Labute approximate surface area is 229 Å². The van der Waals surface area contributed by atoms with Crippen LogP contribution in [0.5, 0.6) is 17.2 Å². The molecule has 0 bridgehead atoms. The van der Waals surface area contributed by atoms with E-state index in [0.29, 0.717) is 17.6 Å². The average molecular weight is 565 g/mol. The second-order valence-electron chi connectivity index (χ2n) is 9.27. The molecule has 1 aromatic rings. The Morgan fingerprint density at radius 3 is 2.48 bits per heavy atom. The lowest BCUT2D eigenvalue weighted by Gasteiger charge is -2.44. The fourth-order valence-corrected chi connectivity index (χ4v) is 4.81. The Bertz CT molecular complexity index is 1140. The van der Waals surface area contributed by atoms with Crippen molar-refractivity contribution >= 4 is 18.0 Å². The predicted octanol–water partition coefficient (Wildman–Crippen LogP) is 0.395. The van der Waals surface area contributed by atoms with E-state index in [1.54, 1.807) is 6.08 Å². The van der Waals surface area contributed by atoms with E-state index >= 15 is 0 Å². The van der Waals surface area contributed by atoms with Crippen molar-refractivity contribution in [3.05, 3.63) is 48.3 Å². The number of cyclic esters (lactones) is 1. The van der Waals surface area contributed by atoms with Gasteiger partial charge >= 0.3 is 11.9 Å². The van der Waals surface area contributed by atoms with E-state index in [2.05, 4.69) is 6.58 Å². The Hall–Kier alpha value is -3.62. The zero-order chi connectivity index (χ0) is 29.0. The molecule has 4 rings (SSSR count). The fraction of sp³-hybridized carbons (Fsp3) is 0.481. The Morgan fingerprint density at radius 1 is 1.15 bits per heavy atom. The monoisotopic (exact) mass is 564 g/mol. The van der Waals surface area contributed by atoms with Gasteiger partial charge in [0.1, 0.15) is 18.3 Å². The summed E-state index contributed by atoms with van der Waals surface area (Å²) in [6, 6.07) is 2.91. The molecule has 8 atom stereocenters. The van der Waals surface area contributed by atoms with Gasteiger partial charge in [-0.2, -0.15) is 0 Å². The lowest BCUT2D eigenvalue weighted by Crippen LogP contribution is -2.61. The molecule has 2 saturated heterocycles. The van der Waals surface area contributed by atoms with Crippen molar-refractivity contribution in [3.63, 3.8) is 0 Å². The van der Waals surface area contributed by atoms with Gasteiger partial charge in [-0.1, -0.05) is 6.08 Å². The summed E-state index contributed by atoms with van der Waals surface area (Å²) in [5.74, 6) is -2.22. The molecule has 0 aromatic heterocycles. The van der Waals surface area contributed by atoms with Crippen molar-refractivity contribution in [2.75, 3.05) is 27.4 Å². The topological polar surface area (TPSA) is 180 Å². The number of carbonyl (C=O) groups excluding carboxylic acids is 2. The molecule has 13 heteroatoms. The first-order valence-electron chi connectivity index (χ1n) is 12.5. The van der Waals surface area contributed by atoms with Crippen molar-refractivity contribution in [1.29, 1.82) is 0 Å². The van der Waals surface area contributed by atoms with Crippen LogP contribution in [-0.4, -0.2) is 96.8 Å². The molecule has 1 aromatic carbocycles. The summed E-state index contributed by atoms with van der Waals surface area (Å²) in [6.07, 6.45) is -2.90. The predicted molar refractivity (Wildman–Crippen MR) is 135 cm³/mol. The molecule has 4 N–H and O–H groups in total. The minimum atomic E-state index is -1.68. The van der Waals surface area contributed by atoms with Crippen molar-refractivity contribution < 1.29 is 63.2 Å². The number of aromatic hydroxyl groups is 1. The van der Waals surface area contributed by atoms with Gasteiger partial charge in [-0.15, -0.1) is 6.58 Å². The van der Waals surface area contributed by atoms with Crippen LogP contribution in [0.25, 0.3) is 6.08 Å². The maximum Gasteiger partial charge on any atom is 0.337 e. The molecule has 3 aliphatic heterocycles. The van der Waals surface area contributed by atoms with Gasteiger partial charge in [0.15, 0.2) is 23.9 Å². The summed E-state index contributed by atoms with van der Waals surface area (Å²) in [5, 5.41) is 41.4. The van der Waals surface area contributed by atoms with Crippen LogP contribution in [0.15, 0.2) is 42.7 Å².